The van der Waals surface area contributed by atoms with Gasteiger partial charge in [-0.3, -0.25) is 14.9 Å². The number of nitro groups is 1. The Kier molecular flexibility index (Phi) is 6.61. The molecule has 0 spiro atoms. The Morgan fingerprint density at radius 2 is 1.85 bits per heavy atom. The first kappa shape index (κ1) is 20.0. The maximum Gasteiger partial charge on any atom is 0.387 e. The second-order valence-electron chi connectivity index (χ2n) is 4.95. The number of amides is 1. The van der Waals surface area contributed by atoms with E-state index in [9.17, 15) is 28.5 Å². The first-order chi connectivity index (χ1) is 12.8. The molecule has 2 rings (SSSR count). The van der Waals surface area contributed by atoms with Gasteiger partial charge in [-0.25, -0.2) is 4.79 Å². The maximum atomic E-state index is 12.1. The molecule has 1 amide bonds. The van der Waals surface area contributed by atoms with E-state index in [-0.39, 0.29) is 27.7 Å². The number of nitrogens with one attached hydrogen (secondary N) is 1. The number of hydrogen-bond acceptors (Lipinski definition) is 6. The molecule has 0 aliphatic rings. The fraction of sp³-hybridized carbons (Fsp3) is 0.125. The average molecular weight is 401 g/mol. The Balaban J connectivity index is 1.89. The number of rotatable bonds is 7. The summed E-state index contributed by atoms with van der Waals surface area (Å²) >= 11 is 5.79. The van der Waals surface area contributed by atoms with Crippen LogP contribution in [0.5, 0.6) is 5.75 Å². The van der Waals surface area contributed by atoms with Gasteiger partial charge in [0.1, 0.15) is 5.75 Å². The number of halogens is 3. The van der Waals surface area contributed by atoms with Gasteiger partial charge in [0.15, 0.2) is 6.61 Å². The molecule has 0 saturated carbocycles. The monoisotopic (exact) mass is 400 g/mol. The van der Waals surface area contributed by atoms with Crippen LogP contribution in [0, 0.1) is 10.1 Å². The molecule has 0 bridgehead atoms. The smallest absolute Gasteiger partial charge is 0.387 e. The minimum absolute atomic E-state index is 0.0813. The van der Waals surface area contributed by atoms with Crippen LogP contribution in [0.2, 0.25) is 5.02 Å². The van der Waals surface area contributed by atoms with Crippen LogP contribution < -0.4 is 10.1 Å². The summed E-state index contributed by atoms with van der Waals surface area (Å²) in [6.45, 7) is -3.61. The molecule has 0 atom stereocenters. The van der Waals surface area contributed by atoms with Crippen molar-refractivity contribution in [3.8, 4) is 5.75 Å². The summed E-state index contributed by atoms with van der Waals surface area (Å²) < 4.78 is 33.1. The van der Waals surface area contributed by atoms with Crippen LogP contribution in [0.15, 0.2) is 42.5 Å². The highest BCUT2D eigenvalue weighted by molar-refractivity contribution is 6.33. The van der Waals surface area contributed by atoms with Gasteiger partial charge in [0.25, 0.3) is 11.6 Å². The molecule has 0 saturated heterocycles. The quantitative estimate of drug-likeness (QED) is 0.432. The van der Waals surface area contributed by atoms with Gasteiger partial charge in [-0.1, -0.05) is 11.6 Å². The molecule has 0 aliphatic carbocycles. The fourth-order valence-electron chi connectivity index (χ4n) is 1.91. The molecule has 11 heteroatoms. The minimum atomic E-state index is -2.96. The molecule has 2 aromatic carbocycles. The molecule has 0 heterocycles. The Morgan fingerprint density at radius 1 is 1.19 bits per heavy atom. The van der Waals surface area contributed by atoms with Gasteiger partial charge in [-0.2, -0.15) is 8.78 Å². The normalized spacial score (nSPS) is 10.4. The van der Waals surface area contributed by atoms with Crippen molar-refractivity contribution in [1.29, 1.82) is 0 Å². The Morgan fingerprint density at radius 3 is 2.41 bits per heavy atom. The fourth-order valence-corrected chi connectivity index (χ4v) is 2.16. The van der Waals surface area contributed by atoms with Crippen molar-refractivity contribution < 1.29 is 32.8 Å². The summed E-state index contributed by atoms with van der Waals surface area (Å²) in [6.07, 6.45) is 0. The van der Waals surface area contributed by atoms with E-state index in [0.717, 1.165) is 18.2 Å². The van der Waals surface area contributed by atoms with Crippen LogP contribution >= 0.6 is 11.6 Å². The van der Waals surface area contributed by atoms with E-state index in [0.29, 0.717) is 0 Å². The van der Waals surface area contributed by atoms with E-state index in [1.165, 1.54) is 24.3 Å². The Labute approximate surface area is 155 Å². The number of benzene rings is 2. The lowest BCUT2D eigenvalue weighted by molar-refractivity contribution is -0.384. The van der Waals surface area contributed by atoms with Crippen LogP contribution in [0.4, 0.5) is 20.2 Å². The first-order valence-electron chi connectivity index (χ1n) is 7.22. The molecule has 142 valence electrons. The maximum absolute atomic E-state index is 12.1. The molecule has 8 nitrogen and oxygen atoms in total. The number of carbonyl (C=O) groups excluding carboxylic acids is 2. The SMILES string of the molecule is O=C(COC(=O)c1ccc([N+](=O)[O-])cc1Cl)Nc1ccc(OC(F)F)cc1. The van der Waals surface area contributed by atoms with Crippen molar-refractivity contribution >= 4 is 34.9 Å². The van der Waals surface area contributed by atoms with Crippen molar-refractivity contribution in [2.45, 2.75) is 6.61 Å². The Bertz CT molecular complexity index is 860. The average Bonchev–Trinajstić information content (AvgIpc) is 2.60. The summed E-state index contributed by atoms with van der Waals surface area (Å²) in [5.74, 6) is -1.71. The van der Waals surface area contributed by atoms with Gasteiger partial charge in [-0.15, -0.1) is 0 Å². The zero-order valence-corrected chi connectivity index (χ0v) is 14.1. The van der Waals surface area contributed by atoms with Crippen LogP contribution in [-0.2, 0) is 9.53 Å². The summed E-state index contributed by atoms with van der Waals surface area (Å²) in [5, 5.41) is 12.8. The van der Waals surface area contributed by atoms with Crippen LogP contribution in [0.25, 0.3) is 0 Å². The third-order valence-corrected chi connectivity index (χ3v) is 3.39. The van der Waals surface area contributed by atoms with Crippen molar-refractivity contribution in [2.24, 2.45) is 0 Å². The van der Waals surface area contributed by atoms with Crippen molar-refractivity contribution in [3.63, 3.8) is 0 Å². The molecule has 0 aliphatic heterocycles. The molecule has 0 radical (unpaired) electrons. The molecular formula is C16H11ClF2N2O6. The largest absolute Gasteiger partial charge is 0.452 e. The molecule has 0 aromatic heterocycles. The highest BCUT2D eigenvalue weighted by atomic mass is 35.5. The second kappa shape index (κ2) is 8.90. The van der Waals surface area contributed by atoms with Gasteiger partial charge < -0.3 is 14.8 Å². The lowest BCUT2D eigenvalue weighted by atomic mass is 10.2. The van der Waals surface area contributed by atoms with Crippen LogP contribution in [0.3, 0.4) is 0 Å². The predicted octanol–water partition coefficient (Wildman–Crippen LogP) is 3.65. The van der Waals surface area contributed by atoms with Gasteiger partial charge in [0.05, 0.1) is 15.5 Å². The van der Waals surface area contributed by atoms with Gasteiger partial charge in [0.2, 0.25) is 0 Å². The number of alkyl halides is 2. The van der Waals surface area contributed by atoms with E-state index >= 15 is 0 Å². The number of nitrogens with zero attached hydrogens (tertiary/aromatic N) is 1. The lowest BCUT2D eigenvalue weighted by Crippen LogP contribution is -2.21. The van der Waals surface area contributed by atoms with Crippen molar-refractivity contribution in [1.82, 2.24) is 0 Å². The highest BCUT2D eigenvalue weighted by Gasteiger charge is 2.17. The number of carbonyl (C=O) groups is 2. The molecule has 2 aromatic rings. The highest BCUT2D eigenvalue weighted by Crippen LogP contribution is 2.23. The summed E-state index contributed by atoms with van der Waals surface area (Å²) in [7, 11) is 0. The van der Waals surface area contributed by atoms with E-state index < -0.39 is 30.0 Å². The van der Waals surface area contributed by atoms with Gasteiger partial charge >= 0.3 is 12.6 Å². The summed E-state index contributed by atoms with van der Waals surface area (Å²) in [5.41, 5.74) is -0.164. The number of hydrogen-bond donors (Lipinski definition) is 1. The third-order valence-electron chi connectivity index (χ3n) is 3.08. The summed E-state index contributed by atoms with van der Waals surface area (Å²) in [4.78, 5) is 33.6. The van der Waals surface area contributed by atoms with Crippen LogP contribution in [-0.4, -0.2) is 30.0 Å². The predicted molar refractivity (Wildman–Crippen MR) is 90.1 cm³/mol. The second-order valence-corrected chi connectivity index (χ2v) is 5.36. The number of nitro benzene ring substituents is 1. The minimum Gasteiger partial charge on any atom is -0.452 e. The molecule has 1 N–H and O–H groups in total. The van der Waals surface area contributed by atoms with E-state index in [1.807, 2.05) is 0 Å². The molecule has 0 fully saturated rings. The number of ether oxygens (including phenoxy) is 2. The van der Waals surface area contributed by atoms with Gasteiger partial charge in [0, 0.05) is 17.8 Å². The van der Waals surface area contributed by atoms with Crippen LogP contribution in [0.1, 0.15) is 10.4 Å². The first-order valence-corrected chi connectivity index (χ1v) is 7.60. The molecule has 27 heavy (non-hydrogen) atoms. The van der Waals surface area contributed by atoms with Gasteiger partial charge in [-0.05, 0) is 30.3 Å². The summed E-state index contributed by atoms with van der Waals surface area (Å²) in [6, 6.07) is 8.28. The van der Waals surface area contributed by atoms with E-state index in [4.69, 9.17) is 16.3 Å². The zero-order valence-electron chi connectivity index (χ0n) is 13.4. The zero-order chi connectivity index (χ0) is 20.0. The molecule has 0 unspecified atom stereocenters. The number of non-ortho nitro benzene ring substituents is 1. The topological polar surface area (TPSA) is 108 Å². The van der Waals surface area contributed by atoms with E-state index in [2.05, 4.69) is 10.1 Å². The van der Waals surface area contributed by atoms with Crippen molar-refractivity contribution in [2.75, 3.05) is 11.9 Å². The van der Waals surface area contributed by atoms with Crippen molar-refractivity contribution in [3.05, 3.63) is 63.2 Å². The third kappa shape index (κ3) is 5.89. The van der Waals surface area contributed by atoms with E-state index in [1.54, 1.807) is 0 Å². The Hall–Kier alpha value is -3.27. The number of esters is 1. The molecular weight excluding hydrogens is 390 g/mol. The number of anilines is 1. The standard InChI is InChI=1S/C16H11ClF2N2O6/c17-13-7-10(21(24)25)3-6-12(13)15(23)26-8-14(22)20-9-1-4-11(5-2-9)27-16(18)19/h1-7,16H,8H2,(H,20,22). The lowest BCUT2D eigenvalue weighted by Gasteiger charge is -2.08.